The van der Waals surface area contributed by atoms with Gasteiger partial charge in [0.2, 0.25) is 0 Å². The fourth-order valence-corrected chi connectivity index (χ4v) is 1.80. The molecule has 0 bridgehead atoms. The highest BCUT2D eigenvalue weighted by molar-refractivity contribution is 6.30. The minimum absolute atomic E-state index is 0.0941. The molecule has 1 aromatic rings. The highest BCUT2D eigenvalue weighted by Gasteiger charge is 2.20. The lowest BCUT2D eigenvalue weighted by Gasteiger charge is -2.24. The number of hydrogen-bond donors (Lipinski definition) is 2. The van der Waals surface area contributed by atoms with E-state index in [1.165, 1.54) is 12.1 Å². The maximum Gasteiger partial charge on any atom is 0.142 e. The Morgan fingerprint density at radius 2 is 2.22 bits per heavy atom. The highest BCUT2D eigenvalue weighted by Crippen LogP contribution is 2.19. The van der Waals surface area contributed by atoms with Gasteiger partial charge >= 0.3 is 0 Å². The molecule has 0 aliphatic rings. The zero-order chi connectivity index (χ0) is 13.6. The van der Waals surface area contributed by atoms with E-state index in [4.69, 9.17) is 16.3 Å². The molecule has 5 heteroatoms. The number of benzene rings is 1. The highest BCUT2D eigenvalue weighted by atomic mass is 35.5. The van der Waals surface area contributed by atoms with Crippen LogP contribution in [0.3, 0.4) is 0 Å². The second kappa shape index (κ2) is 7.04. The van der Waals surface area contributed by atoms with Crippen molar-refractivity contribution in [3.63, 3.8) is 0 Å². The van der Waals surface area contributed by atoms with Crippen molar-refractivity contribution in [2.45, 2.75) is 18.9 Å². The number of rotatable bonds is 7. The van der Waals surface area contributed by atoms with Gasteiger partial charge in [0.05, 0.1) is 17.2 Å². The van der Waals surface area contributed by atoms with Crippen LogP contribution in [0.4, 0.5) is 4.39 Å². The summed E-state index contributed by atoms with van der Waals surface area (Å²) >= 11 is 5.61. The van der Waals surface area contributed by atoms with Gasteiger partial charge in [0.15, 0.2) is 0 Å². The molecule has 18 heavy (non-hydrogen) atoms. The molecule has 0 spiro atoms. The predicted octanol–water partition coefficient (Wildman–Crippen LogP) is 2.01. The van der Waals surface area contributed by atoms with Crippen LogP contribution in [0.25, 0.3) is 0 Å². The average Bonchev–Trinajstić information content (AvgIpc) is 2.29. The summed E-state index contributed by atoms with van der Waals surface area (Å²) in [6, 6.07) is 4.57. The third-order valence-corrected chi connectivity index (χ3v) is 2.86. The summed E-state index contributed by atoms with van der Waals surface area (Å²) in [7, 11) is 1.62. The molecule has 0 aromatic heterocycles. The summed E-state index contributed by atoms with van der Waals surface area (Å²) in [6.45, 7) is 3.38. The van der Waals surface area contributed by atoms with Gasteiger partial charge in [0, 0.05) is 26.6 Å². The number of halogens is 2. The predicted molar refractivity (Wildman–Crippen MR) is 70.5 cm³/mol. The van der Waals surface area contributed by atoms with Crippen molar-refractivity contribution in [3.8, 4) is 0 Å². The Balaban J connectivity index is 2.50. The van der Waals surface area contributed by atoms with Crippen LogP contribution in [0.5, 0.6) is 0 Å². The van der Waals surface area contributed by atoms with Crippen LogP contribution in [0.1, 0.15) is 12.5 Å². The summed E-state index contributed by atoms with van der Waals surface area (Å²) in [5.41, 5.74) is -0.218. The standard InChI is InChI=1S/C13H19ClFNO2/c1-13(17,9-16-5-6-18-2)8-10-3-4-11(14)12(15)7-10/h3-4,7,16-17H,5-6,8-9H2,1-2H3. The average molecular weight is 276 g/mol. The van der Waals surface area contributed by atoms with Gasteiger partial charge in [-0.3, -0.25) is 0 Å². The fourth-order valence-electron chi connectivity index (χ4n) is 1.68. The first kappa shape index (κ1) is 15.4. The Bertz CT molecular complexity index is 385. The molecule has 0 aliphatic heterocycles. The lowest BCUT2D eigenvalue weighted by atomic mass is 9.96. The van der Waals surface area contributed by atoms with Crippen LogP contribution in [0.2, 0.25) is 5.02 Å². The third-order valence-electron chi connectivity index (χ3n) is 2.56. The van der Waals surface area contributed by atoms with E-state index in [-0.39, 0.29) is 5.02 Å². The number of ether oxygens (including phenoxy) is 1. The van der Waals surface area contributed by atoms with Crippen molar-refractivity contribution in [2.24, 2.45) is 0 Å². The van der Waals surface area contributed by atoms with Crippen LogP contribution < -0.4 is 5.32 Å². The van der Waals surface area contributed by atoms with Gasteiger partial charge in [0.25, 0.3) is 0 Å². The third kappa shape index (κ3) is 5.31. The summed E-state index contributed by atoms with van der Waals surface area (Å²) in [4.78, 5) is 0. The molecule has 0 fully saturated rings. The molecule has 0 saturated carbocycles. The SMILES string of the molecule is COCCNCC(C)(O)Cc1ccc(Cl)c(F)c1. The topological polar surface area (TPSA) is 41.5 Å². The van der Waals surface area contributed by atoms with Crippen molar-refractivity contribution in [3.05, 3.63) is 34.6 Å². The summed E-state index contributed by atoms with van der Waals surface area (Å²) < 4.78 is 18.2. The lowest BCUT2D eigenvalue weighted by molar-refractivity contribution is 0.0581. The number of aliphatic hydroxyl groups is 1. The molecule has 0 radical (unpaired) electrons. The Morgan fingerprint density at radius 1 is 1.50 bits per heavy atom. The van der Waals surface area contributed by atoms with Crippen LogP contribution in [-0.2, 0) is 11.2 Å². The van der Waals surface area contributed by atoms with Crippen molar-refractivity contribution >= 4 is 11.6 Å². The molecular weight excluding hydrogens is 257 g/mol. The molecule has 102 valence electrons. The smallest absolute Gasteiger partial charge is 0.142 e. The van der Waals surface area contributed by atoms with Crippen LogP contribution >= 0.6 is 11.6 Å². The number of methoxy groups -OCH3 is 1. The van der Waals surface area contributed by atoms with E-state index in [1.807, 2.05) is 0 Å². The van der Waals surface area contributed by atoms with Crippen molar-refractivity contribution < 1.29 is 14.2 Å². The Kier molecular flexibility index (Phi) is 6.02. The van der Waals surface area contributed by atoms with E-state index in [1.54, 1.807) is 20.1 Å². The van der Waals surface area contributed by atoms with Crippen LogP contribution in [0, 0.1) is 5.82 Å². The summed E-state index contributed by atoms with van der Waals surface area (Å²) in [6.07, 6.45) is 0.362. The molecule has 2 N–H and O–H groups in total. The first-order valence-electron chi connectivity index (χ1n) is 5.80. The molecule has 1 aromatic carbocycles. The largest absolute Gasteiger partial charge is 0.389 e. The molecule has 1 rings (SSSR count). The van der Waals surface area contributed by atoms with Crippen molar-refractivity contribution in [2.75, 3.05) is 26.8 Å². The van der Waals surface area contributed by atoms with E-state index in [9.17, 15) is 9.50 Å². The van der Waals surface area contributed by atoms with E-state index < -0.39 is 11.4 Å². The normalized spacial score (nSPS) is 14.5. The quantitative estimate of drug-likeness (QED) is 0.748. The van der Waals surface area contributed by atoms with Crippen LogP contribution in [0.15, 0.2) is 18.2 Å². The minimum Gasteiger partial charge on any atom is -0.389 e. The van der Waals surface area contributed by atoms with Gasteiger partial charge in [-0.1, -0.05) is 17.7 Å². The molecule has 0 saturated heterocycles. The minimum atomic E-state index is -0.936. The van der Waals surface area contributed by atoms with Gasteiger partial charge in [-0.15, -0.1) is 0 Å². The Hall–Kier alpha value is -0.680. The summed E-state index contributed by atoms with van der Waals surface area (Å²) in [5.74, 6) is -0.461. The monoisotopic (exact) mass is 275 g/mol. The van der Waals surface area contributed by atoms with Crippen molar-refractivity contribution in [1.29, 1.82) is 0 Å². The van der Waals surface area contributed by atoms with E-state index in [0.29, 0.717) is 26.1 Å². The molecule has 3 nitrogen and oxygen atoms in total. The zero-order valence-electron chi connectivity index (χ0n) is 10.7. The molecule has 0 amide bonds. The van der Waals surface area contributed by atoms with Gasteiger partial charge in [0.1, 0.15) is 5.82 Å². The van der Waals surface area contributed by atoms with Crippen molar-refractivity contribution in [1.82, 2.24) is 5.32 Å². The van der Waals surface area contributed by atoms with Gasteiger partial charge in [-0.2, -0.15) is 0 Å². The lowest BCUT2D eigenvalue weighted by Crippen LogP contribution is -2.40. The fraction of sp³-hybridized carbons (Fsp3) is 0.538. The molecule has 0 heterocycles. The van der Waals surface area contributed by atoms with Gasteiger partial charge < -0.3 is 15.2 Å². The van der Waals surface area contributed by atoms with E-state index in [2.05, 4.69) is 5.32 Å². The first-order valence-corrected chi connectivity index (χ1v) is 6.18. The maximum atomic E-state index is 13.3. The maximum absolute atomic E-state index is 13.3. The zero-order valence-corrected chi connectivity index (χ0v) is 11.4. The van der Waals surface area contributed by atoms with Gasteiger partial charge in [-0.05, 0) is 24.6 Å². The Labute approximate surface area is 112 Å². The molecule has 1 atom stereocenters. The first-order chi connectivity index (χ1) is 8.44. The molecular formula is C13H19ClFNO2. The Morgan fingerprint density at radius 3 is 2.83 bits per heavy atom. The van der Waals surface area contributed by atoms with E-state index >= 15 is 0 Å². The number of nitrogens with one attached hydrogen (secondary N) is 1. The molecule has 0 aliphatic carbocycles. The second-order valence-corrected chi connectivity index (χ2v) is 5.00. The van der Waals surface area contributed by atoms with Crippen LogP contribution in [-0.4, -0.2) is 37.5 Å². The molecule has 1 unspecified atom stereocenters. The second-order valence-electron chi connectivity index (χ2n) is 4.59. The summed E-state index contributed by atoms with van der Waals surface area (Å²) in [5, 5.41) is 13.3. The van der Waals surface area contributed by atoms with Gasteiger partial charge in [-0.25, -0.2) is 4.39 Å². The number of hydrogen-bond acceptors (Lipinski definition) is 3. The van der Waals surface area contributed by atoms with E-state index in [0.717, 1.165) is 5.56 Å².